The zero-order chi connectivity index (χ0) is 42.8. The number of ether oxygens (including phenoxy) is 1. The Morgan fingerprint density at radius 2 is 1.77 bits per heavy atom. The Hall–Kier alpha value is -5.28. The van der Waals surface area contributed by atoms with Crippen molar-refractivity contribution in [3.63, 3.8) is 0 Å². The number of benzene rings is 3. The topological polar surface area (TPSA) is 150 Å². The molecule has 18 heteroatoms. The fraction of sp³-hybridized carbons (Fsp3) is 0.429. The van der Waals surface area contributed by atoms with Gasteiger partial charge in [-0.25, -0.2) is 0 Å². The normalized spacial score (nSPS) is 19.8. The Bertz CT molecular complexity index is 2200. The number of carbonyl (C=O) groups excluding carboxylic acids is 4. The van der Waals surface area contributed by atoms with Crippen molar-refractivity contribution < 1.29 is 37.1 Å². The standard InChI is InChI=1S/C42H47F3N8O5S.ClH/c1-25(2)32-20-31(53-40(59)52(39(57)41(53,4)5)30-10-9-27(22-46)33(21-30)42(43,44)45)11-13-35(32)58-18-17-50-15-16-51(26(3)23-50)24-37(55)48-29-8-6-7-28(19-29)47-34-12-14-36(54)49-38(34)56;/h6-11,13,19-21,25-26,34,47H,12,14-18,23-24H2,1-5H3,(H,48,55)(H,49,54,56);1H. The van der Waals surface area contributed by atoms with E-state index in [9.17, 15) is 37.6 Å². The summed E-state index contributed by atoms with van der Waals surface area (Å²) in [7, 11) is 0. The van der Waals surface area contributed by atoms with Gasteiger partial charge in [0.1, 0.15) is 23.9 Å². The Labute approximate surface area is 358 Å². The molecule has 0 aliphatic carbocycles. The monoisotopic (exact) mass is 868 g/mol. The number of piperazine rings is 1. The first kappa shape index (κ1) is 45.8. The summed E-state index contributed by atoms with van der Waals surface area (Å²) in [5, 5.41) is 17.7. The number of imide groups is 1. The van der Waals surface area contributed by atoms with Crippen molar-refractivity contribution in [2.45, 2.75) is 77.2 Å². The zero-order valence-corrected chi connectivity index (χ0v) is 35.5. The summed E-state index contributed by atoms with van der Waals surface area (Å²) in [5.41, 5.74) is -0.293. The predicted octanol–water partition coefficient (Wildman–Crippen LogP) is 6.28. The molecule has 320 valence electrons. The van der Waals surface area contributed by atoms with Gasteiger partial charge in [-0.15, -0.1) is 12.4 Å². The molecule has 0 bridgehead atoms. The highest BCUT2D eigenvalue weighted by molar-refractivity contribution is 7.81. The average Bonchev–Trinajstić information content (AvgIpc) is 3.35. The van der Waals surface area contributed by atoms with Crippen LogP contribution in [-0.2, 0) is 25.4 Å². The number of nitrogens with one attached hydrogen (secondary N) is 3. The molecule has 6 rings (SSSR count). The average molecular weight is 869 g/mol. The first-order valence-corrected chi connectivity index (χ1v) is 19.8. The summed E-state index contributed by atoms with van der Waals surface area (Å²) < 4.78 is 47.7. The third kappa shape index (κ3) is 10.0. The van der Waals surface area contributed by atoms with Crippen molar-refractivity contribution in [2.24, 2.45) is 0 Å². The van der Waals surface area contributed by atoms with E-state index in [0.717, 1.165) is 35.7 Å². The molecule has 3 aromatic rings. The maximum absolute atomic E-state index is 13.8. The summed E-state index contributed by atoms with van der Waals surface area (Å²) in [6.45, 7) is 12.8. The minimum atomic E-state index is -4.80. The van der Waals surface area contributed by atoms with Crippen molar-refractivity contribution in [1.82, 2.24) is 15.1 Å². The molecule has 3 saturated heterocycles. The molecule has 0 aromatic heterocycles. The summed E-state index contributed by atoms with van der Waals surface area (Å²) in [6, 6.07) is 16.9. The van der Waals surface area contributed by atoms with Crippen molar-refractivity contribution in [3.05, 3.63) is 77.4 Å². The number of nitrogens with zero attached hydrogens (tertiary/aromatic N) is 5. The van der Waals surface area contributed by atoms with E-state index in [1.165, 1.54) is 6.07 Å². The minimum Gasteiger partial charge on any atom is -0.492 e. The fourth-order valence-electron chi connectivity index (χ4n) is 7.61. The number of piperidine rings is 1. The van der Waals surface area contributed by atoms with Crippen LogP contribution in [0.25, 0.3) is 0 Å². The fourth-order valence-corrected chi connectivity index (χ4v) is 8.14. The van der Waals surface area contributed by atoms with Crippen LogP contribution in [0.1, 0.15) is 70.1 Å². The maximum Gasteiger partial charge on any atom is 0.417 e. The van der Waals surface area contributed by atoms with Crippen LogP contribution < -0.4 is 30.5 Å². The van der Waals surface area contributed by atoms with E-state index in [2.05, 4.69) is 32.7 Å². The van der Waals surface area contributed by atoms with Gasteiger partial charge in [0.2, 0.25) is 17.7 Å². The van der Waals surface area contributed by atoms with Crippen LogP contribution in [-0.4, -0.2) is 95.5 Å². The molecule has 3 aliphatic heterocycles. The highest BCUT2D eigenvalue weighted by Crippen LogP contribution is 2.41. The van der Waals surface area contributed by atoms with Crippen molar-refractivity contribution in [2.75, 3.05) is 59.8 Å². The van der Waals surface area contributed by atoms with Crippen LogP contribution >= 0.6 is 24.6 Å². The van der Waals surface area contributed by atoms with Gasteiger partial charge in [-0.2, -0.15) is 18.4 Å². The van der Waals surface area contributed by atoms with Gasteiger partial charge in [-0.3, -0.25) is 39.2 Å². The van der Waals surface area contributed by atoms with Crippen LogP contribution in [0.15, 0.2) is 60.7 Å². The summed E-state index contributed by atoms with van der Waals surface area (Å²) in [4.78, 5) is 57.6. The van der Waals surface area contributed by atoms with E-state index in [0.29, 0.717) is 48.9 Å². The number of hydrogen-bond acceptors (Lipinski definition) is 10. The van der Waals surface area contributed by atoms with E-state index in [4.69, 9.17) is 17.0 Å². The van der Waals surface area contributed by atoms with Gasteiger partial charge >= 0.3 is 6.18 Å². The Morgan fingerprint density at radius 3 is 2.43 bits per heavy atom. The second-order valence-electron chi connectivity index (χ2n) is 15.8. The molecule has 0 saturated carbocycles. The molecule has 3 N–H and O–H groups in total. The Morgan fingerprint density at radius 1 is 1.05 bits per heavy atom. The summed E-state index contributed by atoms with van der Waals surface area (Å²) in [6.07, 6.45) is -4.14. The smallest absolute Gasteiger partial charge is 0.417 e. The number of nitriles is 1. The molecule has 0 radical (unpaired) electrons. The molecule has 3 fully saturated rings. The molecule has 0 spiro atoms. The van der Waals surface area contributed by atoms with Crippen molar-refractivity contribution in [3.8, 4) is 11.8 Å². The first-order valence-electron chi connectivity index (χ1n) is 19.4. The lowest BCUT2D eigenvalue weighted by Gasteiger charge is -2.39. The number of halogens is 4. The highest BCUT2D eigenvalue weighted by atomic mass is 35.5. The maximum atomic E-state index is 13.8. The van der Waals surface area contributed by atoms with Crippen molar-refractivity contribution >= 4 is 76.1 Å². The summed E-state index contributed by atoms with van der Waals surface area (Å²) in [5.74, 6) is -0.636. The van der Waals surface area contributed by atoms with E-state index < -0.39 is 34.8 Å². The molecule has 4 amide bonds. The molecule has 3 heterocycles. The lowest BCUT2D eigenvalue weighted by molar-refractivity contribution is -0.138. The predicted molar refractivity (Wildman–Crippen MR) is 228 cm³/mol. The van der Waals surface area contributed by atoms with E-state index in [1.807, 2.05) is 26.0 Å². The van der Waals surface area contributed by atoms with Crippen LogP contribution in [0.4, 0.5) is 35.9 Å². The molecular formula is C42H48ClF3N8O5S. The van der Waals surface area contributed by atoms with Gasteiger partial charge in [0, 0.05) is 55.7 Å². The third-order valence-electron chi connectivity index (χ3n) is 10.8. The highest BCUT2D eigenvalue weighted by Gasteiger charge is 2.51. The van der Waals surface area contributed by atoms with Gasteiger partial charge in [-0.05, 0) is 105 Å². The third-order valence-corrected chi connectivity index (χ3v) is 11.2. The molecule has 2 unspecified atom stereocenters. The van der Waals surface area contributed by atoms with Gasteiger partial charge < -0.3 is 20.3 Å². The van der Waals surface area contributed by atoms with Gasteiger partial charge in [0.05, 0.1) is 29.4 Å². The SMILES string of the molecule is CC(C)c1cc(N2C(=S)N(c3ccc(C#N)c(C(F)(F)F)c3)C(=O)C2(C)C)ccc1OCCN1CCN(CC(=O)Nc2cccc(NC3CCC(=O)NC3=O)c2)C(C)C1.Cl. The molecule has 3 aromatic carbocycles. The van der Waals surface area contributed by atoms with E-state index in [-0.39, 0.29) is 65.9 Å². The quantitative estimate of drug-likeness (QED) is 0.140. The Kier molecular flexibility index (Phi) is 14.2. The Balaban J connectivity index is 0.00000683. The number of rotatable bonds is 12. The van der Waals surface area contributed by atoms with Gasteiger partial charge in [0.25, 0.3) is 5.91 Å². The van der Waals surface area contributed by atoms with E-state index >= 15 is 0 Å². The number of anilines is 4. The lowest BCUT2D eigenvalue weighted by atomic mass is 9.98. The van der Waals surface area contributed by atoms with Gasteiger partial charge in [-0.1, -0.05) is 19.9 Å². The van der Waals surface area contributed by atoms with Crippen LogP contribution in [0.5, 0.6) is 5.75 Å². The molecule has 3 aliphatic rings. The van der Waals surface area contributed by atoms with E-state index in [1.54, 1.807) is 55.1 Å². The van der Waals surface area contributed by atoms with Crippen molar-refractivity contribution in [1.29, 1.82) is 5.26 Å². The number of alkyl halides is 3. The molecule has 60 heavy (non-hydrogen) atoms. The molecule has 13 nitrogen and oxygen atoms in total. The second-order valence-corrected chi connectivity index (χ2v) is 16.1. The molecule has 2 atom stereocenters. The number of hydrogen-bond donors (Lipinski definition) is 3. The zero-order valence-electron chi connectivity index (χ0n) is 33.9. The number of carbonyl (C=O) groups is 4. The summed E-state index contributed by atoms with van der Waals surface area (Å²) >= 11 is 5.74. The second kappa shape index (κ2) is 18.5. The first-order chi connectivity index (χ1) is 27.9. The van der Waals surface area contributed by atoms with Crippen LogP contribution in [0.3, 0.4) is 0 Å². The minimum absolute atomic E-state index is 0. The van der Waals surface area contributed by atoms with Crippen LogP contribution in [0.2, 0.25) is 0 Å². The lowest BCUT2D eigenvalue weighted by Crippen LogP contribution is -2.54. The van der Waals surface area contributed by atoms with Crippen LogP contribution in [0, 0.1) is 11.3 Å². The largest absolute Gasteiger partial charge is 0.492 e. The molecular weight excluding hydrogens is 821 g/mol. The van der Waals surface area contributed by atoms with Gasteiger partial charge in [0.15, 0.2) is 5.11 Å². The number of amides is 4. The number of thiocarbonyl (C=S) groups is 1.